The fourth-order valence-electron chi connectivity index (χ4n) is 2.26. The average Bonchev–Trinajstić information content (AvgIpc) is 3.08. The summed E-state index contributed by atoms with van der Waals surface area (Å²) in [6.07, 6.45) is 4.92. The standard InChI is InChI=1S/C17H18Cl2N4O3/c1-11(15(22-25-3)16(24)20-2)6-9-26-17(7-8-21-23-17)13-5-4-12(18)10-14(13)19/h4-8,10H,9H2,1-3H3,(H,20,24)/b11-6-,22-15+. The number of halogens is 2. The number of ether oxygens (including phenoxy) is 1. The van der Waals surface area contributed by atoms with E-state index >= 15 is 0 Å². The topological polar surface area (TPSA) is 84.6 Å². The maximum absolute atomic E-state index is 11.8. The van der Waals surface area contributed by atoms with Gasteiger partial charge in [-0.3, -0.25) is 4.79 Å². The van der Waals surface area contributed by atoms with Crippen LogP contribution in [0.4, 0.5) is 0 Å². The summed E-state index contributed by atoms with van der Waals surface area (Å²) in [5.74, 6) is -0.364. The number of azo groups is 1. The van der Waals surface area contributed by atoms with Crippen molar-refractivity contribution in [2.24, 2.45) is 15.4 Å². The molecule has 1 aromatic carbocycles. The van der Waals surface area contributed by atoms with Crippen LogP contribution in [0.3, 0.4) is 0 Å². The second kappa shape index (κ2) is 8.93. The highest BCUT2D eigenvalue weighted by molar-refractivity contribution is 6.44. The summed E-state index contributed by atoms with van der Waals surface area (Å²) in [4.78, 5) is 16.6. The van der Waals surface area contributed by atoms with Crippen LogP contribution < -0.4 is 5.32 Å². The largest absolute Gasteiger partial charge is 0.398 e. The lowest BCUT2D eigenvalue weighted by Crippen LogP contribution is -2.29. The quantitative estimate of drug-likeness (QED) is 0.561. The number of amides is 1. The van der Waals surface area contributed by atoms with Gasteiger partial charge >= 0.3 is 0 Å². The van der Waals surface area contributed by atoms with E-state index in [0.29, 0.717) is 21.2 Å². The molecule has 26 heavy (non-hydrogen) atoms. The summed E-state index contributed by atoms with van der Waals surface area (Å²) in [6, 6.07) is 5.05. The minimum Gasteiger partial charge on any atom is -0.398 e. The molecule has 2 rings (SSSR count). The molecule has 7 nitrogen and oxygen atoms in total. The lowest BCUT2D eigenvalue weighted by molar-refractivity contribution is -0.114. The molecule has 0 aliphatic carbocycles. The molecule has 1 atom stereocenters. The van der Waals surface area contributed by atoms with E-state index < -0.39 is 5.72 Å². The third-order valence-electron chi connectivity index (χ3n) is 3.58. The number of benzene rings is 1. The van der Waals surface area contributed by atoms with Gasteiger partial charge in [0, 0.05) is 17.6 Å². The van der Waals surface area contributed by atoms with E-state index in [0.717, 1.165) is 0 Å². The van der Waals surface area contributed by atoms with Gasteiger partial charge in [-0.15, -0.1) is 5.11 Å². The number of hydrogen-bond acceptors (Lipinski definition) is 6. The summed E-state index contributed by atoms with van der Waals surface area (Å²) in [6.45, 7) is 1.86. The summed E-state index contributed by atoms with van der Waals surface area (Å²) < 4.78 is 5.93. The zero-order valence-corrected chi connectivity index (χ0v) is 16.0. The van der Waals surface area contributed by atoms with Crippen molar-refractivity contribution < 1.29 is 14.4 Å². The third-order valence-corrected chi connectivity index (χ3v) is 4.13. The third kappa shape index (κ3) is 4.49. The second-order valence-corrected chi connectivity index (χ2v) is 6.10. The van der Waals surface area contributed by atoms with Crippen molar-refractivity contribution in [2.75, 3.05) is 20.8 Å². The first-order valence-corrected chi connectivity index (χ1v) is 8.38. The number of rotatable bonds is 7. The van der Waals surface area contributed by atoms with Gasteiger partial charge in [0.2, 0.25) is 5.72 Å². The Labute approximate surface area is 161 Å². The molecule has 0 spiro atoms. The molecule has 0 bridgehead atoms. The van der Waals surface area contributed by atoms with Gasteiger partial charge in [-0.25, -0.2) is 0 Å². The fraction of sp³-hybridized carbons (Fsp3) is 0.294. The summed E-state index contributed by atoms with van der Waals surface area (Å²) in [7, 11) is 2.88. The summed E-state index contributed by atoms with van der Waals surface area (Å²) >= 11 is 12.2. The van der Waals surface area contributed by atoms with E-state index in [1.165, 1.54) is 20.4 Å². The fourth-order valence-corrected chi connectivity index (χ4v) is 2.80. The van der Waals surface area contributed by atoms with Gasteiger partial charge < -0.3 is 14.9 Å². The van der Waals surface area contributed by atoms with Crippen LogP contribution in [-0.4, -0.2) is 32.4 Å². The number of oxime groups is 1. The molecule has 0 saturated heterocycles. The minimum absolute atomic E-state index is 0.133. The zero-order valence-electron chi connectivity index (χ0n) is 14.5. The zero-order chi connectivity index (χ0) is 19.2. The Morgan fingerprint density at radius 1 is 1.42 bits per heavy atom. The number of nitrogens with zero attached hydrogens (tertiary/aromatic N) is 3. The molecule has 1 N–H and O–H groups in total. The first kappa shape index (κ1) is 20.1. The molecule has 0 saturated carbocycles. The van der Waals surface area contributed by atoms with E-state index in [1.807, 2.05) is 0 Å². The summed E-state index contributed by atoms with van der Waals surface area (Å²) in [5.41, 5.74) is 0.205. The number of hydrogen-bond donors (Lipinski definition) is 1. The molecule has 1 aliphatic rings. The molecular weight excluding hydrogens is 379 g/mol. The Hall–Kier alpha value is -2.22. The lowest BCUT2D eigenvalue weighted by atomic mass is 10.0. The van der Waals surface area contributed by atoms with Crippen LogP contribution in [0.5, 0.6) is 0 Å². The normalized spacial score (nSPS) is 19.7. The Morgan fingerprint density at radius 3 is 2.77 bits per heavy atom. The first-order chi connectivity index (χ1) is 12.4. The highest BCUT2D eigenvalue weighted by atomic mass is 35.5. The molecule has 0 radical (unpaired) electrons. The van der Waals surface area contributed by atoms with Crippen LogP contribution in [0.1, 0.15) is 12.5 Å². The number of carbonyl (C=O) groups excluding carboxylic acids is 1. The Balaban J connectivity index is 2.22. The molecule has 9 heteroatoms. The van der Waals surface area contributed by atoms with Gasteiger partial charge in [0.25, 0.3) is 5.91 Å². The minimum atomic E-state index is -1.15. The first-order valence-electron chi connectivity index (χ1n) is 7.63. The SMILES string of the molecule is CNC(=O)C(=N/OC)/C(C)=C\COC1(c2ccc(Cl)cc2Cl)C=CN=N1. The highest BCUT2D eigenvalue weighted by Crippen LogP contribution is 2.38. The van der Waals surface area contributed by atoms with E-state index in [-0.39, 0.29) is 18.2 Å². The van der Waals surface area contributed by atoms with Crippen molar-refractivity contribution in [1.29, 1.82) is 0 Å². The molecular formula is C17H18Cl2N4O3. The Kier molecular flexibility index (Phi) is 6.90. The smallest absolute Gasteiger partial charge is 0.273 e. The maximum atomic E-state index is 11.8. The van der Waals surface area contributed by atoms with E-state index in [9.17, 15) is 4.79 Å². The highest BCUT2D eigenvalue weighted by Gasteiger charge is 2.35. The molecule has 1 amide bonds. The molecule has 1 unspecified atom stereocenters. The molecule has 1 aliphatic heterocycles. The monoisotopic (exact) mass is 396 g/mol. The van der Waals surface area contributed by atoms with Crippen LogP contribution in [0.25, 0.3) is 0 Å². The van der Waals surface area contributed by atoms with E-state index in [2.05, 4.69) is 20.7 Å². The van der Waals surface area contributed by atoms with Crippen molar-refractivity contribution in [3.63, 3.8) is 0 Å². The van der Waals surface area contributed by atoms with Crippen molar-refractivity contribution in [3.8, 4) is 0 Å². The molecule has 138 valence electrons. The van der Waals surface area contributed by atoms with E-state index in [1.54, 1.807) is 37.3 Å². The van der Waals surface area contributed by atoms with Crippen molar-refractivity contribution >= 4 is 34.8 Å². The van der Waals surface area contributed by atoms with Crippen LogP contribution in [-0.2, 0) is 20.1 Å². The summed E-state index contributed by atoms with van der Waals surface area (Å²) in [5, 5.41) is 15.2. The van der Waals surface area contributed by atoms with Crippen LogP contribution in [0, 0.1) is 0 Å². The Bertz CT molecular complexity index is 791. The molecule has 0 fully saturated rings. The maximum Gasteiger partial charge on any atom is 0.273 e. The van der Waals surface area contributed by atoms with E-state index in [4.69, 9.17) is 32.8 Å². The molecule has 1 heterocycles. The van der Waals surface area contributed by atoms with Crippen LogP contribution in [0.2, 0.25) is 10.0 Å². The number of carbonyl (C=O) groups is 1. The van der Waals surface area contributed by atoms with Gasteiger partial charge in [0.1, 0.15) is 7.11 Å². The van der Waals surface area contributed by atoms with Crippen molar-refractivity contribution in [2.45, 2.75) is 12.6 Å². The van der Waals surface area contributed by atoms with Gasteiger partial charge in [-0.1, -0.05) is 40.5 Å². The van der Waals surface area contributed by atoms with Crippen LogP contribution in [0.15, 0.2) is 57.5 Å². The predicted molar refractivity (Wildman–Crippen MR) is 100 cm³/mol. The molecule has 0 aromatic heterocycles. The van der Waals surface area contributed by atoms with Crippen molar-refractivity contribution in [1.82, 2.24) is 5.32 Å². The molecule has 1 aromatic rings. The Morgan fingerprint density at radius 2 is 2.19 bits per heavy atom. The second-order valence-electron chi connectivity index (χ2n) is 5.25. The van der Waals surface area contributed by atoms with Gasteiger partial charge in [0.05, 0.1) is 17.8 Å². The van der Waals surface area contributed by atoms with Crippen molar-refractivity contribution in [3.05, 3.63) is 57.7 Å². The lowest BCUT2D eigenvalue weighted by Gasteiger charge is -2.24. The predicted octanol–water partition coefficient (Wildman–Crippen LogP) is 3.84. The van der Waals surface area contributed by atoms with Gasteiger partial charge in [0.15, 0.2) is 5.71 Å². The average molecular weight is 397 g/mol. The van der Waals surface area contributed by atoms with Crippen LogP contribution >= 0.6 is 23.2 Å². The van der Waals surface area contributed by atoms with Gasteiger partial charge in [-0.05, 0) is 30.7 Å². The van der Waals surface area contributed by atoms with Gasteiger partial charge in [-0.2, -0.15) is 5.11 Å². The number of nitrogens with one attached hydrogen (secondary N) is 1.